The van der Waals surface area contributed by atoms with Crippen LogP contribution in [0.5, 0.6) is 0 Å². The molecule has 8 rings (SSSR count). The van der Waals surface area contributed by atoms with Crippen molar-refractivity contribution in [1.29, 1.82) is 0 Å². The van der Waals surface area contributed by atoms with Crippen LogP contribution >= 0.6 is 21.6 Å². The number of aliphatic hydroxyl groups excluding tert-OH is 2. The van der Waals surface area contributed by atoms with Crippen LogP contribution in [0.2, 0.25) is 0 Å². The number of carbonyl (C=O) groups is 2. The molecule has 1 amide bonds. The summed E-state index contributed by atoms with van der Waals surface area (Å²) in [5.74, 6) is 3.77. The summed E-state index contributed by atoms with van der Waals surface area (Å²) >= 11 is 0. The van der Waals surface area contributed by atoms with Crippen molar-refractivity contribution in [3.63, 3.8) is 0 Å². The van der Waals surface area contributed by atoms with Gasteiger partial charge in [0.25, 0.3) is 0 Å². The number of guanidine groups is 1. The molecule has 5 fully saturated rings. The van der Waals surface area contributed by atoms with Gasteiger partial charge in [0.1, 0.15) is 18.1 Å². The van der Waals surface area contributed by atoms with Gasteiger partial charge in [0, 0.05) is 50.9 Å². The van der Waals surface area contributed by atoms with Crippen LogP contribution in [0, 0.1) is 40.9 Å². The number of nitrogens with one attached hydrogen (secondary N) is 2. The van der Waals surface area contributed by atoms with Gasteiger partial charge in [0.2, 0.25) is 5.91 Å². The summed E-state index contributed by atoms with van der Waals surface area (Å²) in [5.41, 5.74) is 12.3. The van der Waals surface area contributed by atoms with Crippen molar-refractivity contribution in [2.75, 3.05) is 37.8 Å². The largest absolute Gasteiger partial charge is 0.462 e. The van der Waals surface area contributed by atoms with Crippen LogP contribution in [0.15, 0.2) is 12.2 Å². The number of ether oxygens (including phenoxy) is 2. The van der Waals surface area contributed by atoms with Gasteiger partial charge >= 0.3 is 11.9 Å². The van der Waals surface area contributed by atoms with E-state index < -0.39 is 12.2 Å². The van der Waals surface area contributed by atoms with Crippen molar-refractivity contribution in [2.24, 2.45) is 52.4 Å². The number of piperidine rings is 1. The van der Waals surface area contributed by atoms with Gasteiger partial charge in [-0.05, 0) is 112 Å². The minimum absolute atomic E-state index is 0.104. The second-order valence-corrected chi connectivity index (χ2v) is 21.8. The van der Waals surface area contributed by atoms with E-state index in [9.17, 15) is 19.8 Å². The van der Waals surface area contributed by atoms with E-state index in [1.807, 2.05) is 10.8 Å². The Labute approximate surface area is 349 Å². The smallest absolute Gasteiger partial charge is 0.341 e. The van der Waals surface area contributed by atoms with Gasteiger partial charge in [-0.3, -0.25) is 31.4 Å². The van der Waals surface area contributed by atoms with Crippen molar-refractivity contribution in [1.82, 2.24) is 10.2 Å². The molecule has 57 heavy (non-hydrogen) atoms. The Balaban J connectivity index is 1.13. The number of hydrogen-bond acceptors (Lipinski definition) is 11. The molecule has 0 radical (unpaired) electrons. The molecule has 3 aliphatic carbocycles. The second kappa shape index (κ2) is 19.9. The molecule has 3 saturated heterocycles. The number of esters is 1. The van der Waals surface area contributed by atoms with Crippen molar-refractivity contribution < 1.29 is 39.6 Å². The predicted molar refractivity (Wildman–Crippen MR) is 225 cm³/mol. The summed E-state index contributed by atoms with van der Waals surface area (Å²) in [4.78, 5) is 31.9. The normalized spacial score (nSPS) is 42.9. The number of amides is 1. The van der Waals surface area contributed by atoms with E-state index in [-0.39, 0.29) is 59.0 Å². The monoisotopic (exact) mass is 835 g/mol. The Morgan fingerprint density at radius 3 is 2.75 bits per heavy atom. The second-order valence-electron chi connectivity index (χ2n) is 19.2. The average Bonchev–Trinajstić information content (AvgIpc) is 3.61. The van der Waals surface area contributed by atoms with Crippen molar-refractivity contribution in [3.05, 3.63) is 12.2 Å². The van der Waals surface area contributed by atoms with Gasteiger partial charge in [0.15, 0.2) is 0 Å². The Kier molecular flexibility index (Phi) is 15.2. The highest BCUT2D eigenvalue weighted by Crippen LogP contribution is 2.57. The van der Waals surface area contributed by atoms with Crippen LogP contribution in [0.1, 0.15) is 122 Å². The molecule has 1 spiro atoms. The molecule has 0 aromatic heterocycles. The maximum atomic E-state index is 14.2. The fraction of sp³-hybridized carbons (Fsp3) is 0.884. The van der Waals surface area contributed by atoms with Crippen molar-refractivity contribution in [3.8, 4) is 0 Å². The number of hydrogen-bond donors (Lipinski definition) is 7. The fourth-order valence-electron chi connectivity index (χ4n) is 12.4. The van der Waals surface area contributed by atoms with Crippen LogP contribution in [-0.4, -0.2) is 107 Å². The highest BCUT2D eigenvalue weighted by molar-refractivity contribution is 8.76. The molecule has 5 aliphatic heterocycles. The Bertz CT molecular complexity index is 1430. The predicted octanol–water partition coefficient (Wildman–Crippen LogP) is 2.12. The van der Waals surface area contributed by atoms with Gasteiger partial charge in [-0.15, -0.1) is 0 Å². The van der Waals surface area contributed by atoms with Crippen LogP contribution in [-0.2, 0) is 19.1 Å². The Morgan fingerprint density at radius 1 is 1.05 bits per heavy atom. The number of aliphatic hydroxyl groups is 2. The number of quaternary nitrogens is 1. The van der Waals surface area contributed by atoms with Crippen LogP contribution in [0.3, 0.4) is 0 Å². The van der Waals surface area contributed by atoms with E-state index >= 15 is 0 Å². The van der Waals surface area contributed by atoms with E-state index in [2.05, 4.69) is 32.7 Å². The lowest BCUT2D eigenvalue weighted by Gasteiger charge is -2.48. The average molecular weight is 835 g/mol. The summed E-state index contributed by atoms with van der Waals surface area (Å²) in [5, 5.41) is 29.2. The van der Waals surface area contributed by atoms with E-state index in [0.717, 1.165) is 102 Å². The molecule has 322 valence electrons. The van der Waals surface area contributed by atoms with Crippen molar-refractivity contribution >= 4 is 39.4 Å². The third-order valence-corrected chi connectivity index (χ3v) is 17.3. The molecular formula is C43H74N6O6S2+2. The van der Waals surface area contributed by atoms with Gasteiger partial charge in [-0.25, -0.2) is 0 Å². The van der Waals surface area contributed by atoms with E-state index in [0.29, 0.717) is 74.9 Å². The number of nitrogens with two attached hydrogens (primary N) is 3. The van der Waals surface area contributed by atoms with Gasteiger partial charge in [-0.2, -0.15) is 0 Å². The Morgan fingerprint density at radius 2 is 1.91 bits per heavy atom. The van der Waals surface area contributed by atoms with Crippen molar-refractivity contribution in [2.45, 2.75) is 159 Å². The van der Waals surface area contributed by atoms with Crippen LogP contribution < -0.4 is 27.1 Å². The van der Waals surface area contributed by atoms with E-state index in [1.54, 1.807) is 10.8 Å². The quantitative estimate of drug-likeness (QED) is 0.125. The summed E-state index contributed by atoms with van der Waals surface area (Å²) in [6.07, 6.45) is 19.5. The molecule has 2 saturated carbocycles. The van der Waals surface area contributed by atoms with E-state index in [1.165, 1.54) is 6.92 Å². The first-order valence-corrected chi connectivity index (χ1v) is 25.1. The third kappa shape index (κ3) is 11.0. The first-order chi connectivity index (χ1) is 27.5. The molecule has 10 N–H and O–H groups in total. The lowest BCUT2D eigenvalue weighted by atomic mass is 9.62. The number of carbonyl (C=O) groups excluding carboxylic acids is 2. The number of fused-ring (bicyclic) bond motifs is 4. The number of allylic oxidation sites excluding steroid dienone is 1. The molecular weight excluding hydrogens is 761 g/mol. The maximum absolute atomic E-state index is 14.2. The topological polar surface area (TPSA) is 191 Å². The highest BCUT2D eigenvalue weighted by Gasteiger charge is 2.58. The highest BCUT2D eigenvalue weighted by atomic mass is 33.1. The van der Waals surface area contributed by atoms with Gasteiger partial charge < -0.3 is 29.9 Å². The molecule has 13 atom stereocenters. The molecule has 5 heterocycles. The number of nitrogens with zero attached hydrogens (tertiary/aromatic N) is 1. The zero-order valence-corrected chi connectivity index (χ0v) is 36.1. The zero-order chi connectivity index (χ0) is 40.0. The maximum Gasteiger partial charge on any atom is 0.341 e. The Hall–Kier alpha value is -1.55. The fourth-order valence-corrected chi connectivity index (χ4v) is 14.3. The minimum atomic E-state index is -0.671. The molecule has 13 unspecified atom stereocenters. The van der Waals surface area contributed by atoms with E-state index in [4.69, 9.17) is 20.9 Å². The summed E-state index contributed by atoms with van der Waals surface area (Å²) in [7, 11) is 3.62. The summed E-state index contributed by atoms with van der Waals surface area (Å²) < 4.78 is 13.1. The molecule has 0 aromatic rings. The SMILES string of the molecule is CC(=O)OC1CCC2CC(CN3CC(CC4CC[NH2+]C(N)C4)(CCNC(N)=[NH+]CSSCCCCCCC(O)C1)CC3=O)C(O)C1OC34C=CC(CC3CCC4)C21. The standard InChI is InChI=1S/C43H72N6O6S2/c1-28(50)54-35-10-9-30-20-32(39(53)40-38(30)31-11-14-43(55-40)13-6-7-33(43)21-31)25-49-26-42(24-37(49)52,23-29-12-16-46-36(44)19-29)15-17-47-41(45)48-27-57-56-18-5-3-2-4-8-34(51)22-35/h11,14,29-36,38-40,46,51,53H,2-10,12-13,15-27,44H2,1H3,(H3,45,47,48)/p+2. The first kappa shape index (κ1) is 43.5. The minimum Gasteiger partial charge on any atom is -0.462 e. The zero-order valence-electron chi connectivity index (χ0n) is 34.5. The lowest BCUT2D eigenvalue weighted by Crippen LogP contribution is -2.94. The molecule has 14 heteroatoms. The first-order valence-electron chi connectivity index (χ1n) is 22.6. The molecule has 0 aromatic carbocycles. The van der Waals surface area contributed by atoms with Gasteiger partial charge in [-0.1, -0.05) is 53.0 Å². The molecule has 8 aliphatic rings. The van der Waals surface area contributed by atoms with Gasteiger partial charge in [0.05, 0.1) is 37.0 Å². The number of rotatable bonds is 3. The summed E-state index contributed by atoms with van der Waals surface area (Å²) in [6.45, 7) is 4.36. The summed E-state index contributed by atoms with van der Waals surface area (Å²) in [6, 6.07) is 0. The lowest BCUT2D eigenvalue weighted by molar-refractivity contribution is -0.699. The van der Waals surface area contributed by atoms with Crippen LogP contribution in [0.4, 0.5) is 0 Å². The van der Waals surface area contributed by atoms with Crippen LogP contribution in [0.25, 0.3) is 0 Å². The molecule has 6 bridgehead atoms. The third-order valence-electron chi connectivity index (χ3n) is 15.0. The molecule has 12 nitrogen and oxygen atoms in total.